The van der Waals surface area contributed by atoms with Crippen LogP contribution < -0.4 is 0 Å². The molecule has 0 radical (unpaired) electrons. The monoisotopic (exact) mass is 204 g/mol. The number of rotatable bonds is 2. The molecular weight excluding hydrogens is 188 g/mol. The second kappa shape index (κ2) is 3.38. The van der Waals surface area contributed by atoms with Crippen molar-refractivity contribution >= 4 is 11.0 Å². The predicted molar refractivity (Wildman–Crippen MR) is 61.0 cm³/mol. The Morgan fingerprint density at radius 2 is 2.07 bits per heavy atom. The Morgan fingerprint density at radius 3 is 2.73 bits per heavy atom. The number of aryl methyl sites for hydroxylation is 1. The summed E-state index contributed by atoms with van der Waals surface area (Å²) in [6.07, 6.45) is 2.35. The SMILES string of the molecule is Cc1ccc2c(CC(C)(C)O)coc2c1. The van der Waals surface area contributed by atoms with Crippen molar-refractivity contribution in [1.82, 2.24) is 0 Å². The molecule has 2 aromatic rings. The molecule has 0 spiro atoms. The summed E-state index contributed by atoms with van der Waals surface area (Å²) < 4.78 is 5.46. The molecule has 2 heteroatoms. The molecule has 0 bridgehead atoms. The lowest BCUT2D eigenvalue weighted by Gasteiger charge is -2.15. The van der Waals surface area contributed by atoms with Gasteiger partial charge in [-0.1, -0.05) is 12.1 Å². The van der Waals surface area contributed by atoms with Crippen LogP contribution in [0, 0.1) is 6.92 Å². The van der Waals surface area contributed by atoms with Gasteiger partial charge in [-0.05, 0) is 32.4 Å². The van der Waals surface area contributed by atoms with Gasteiger partial charge < -0.3 is 9.52 Å². The van der Waals surface area contributed by atoms with E-state index in [2.05, 4.69) is 12.1 Å². The van der Waals surface area contributed by atoms with Crippen LogP contribution in [0.5, 0.6) is 0 Å². The molecule has 0 saturated heterocycles. The summed E-state index contributed by atoms with van der Waals surface area (Å²) in [4.78, 5) is 0. The molecule has 0 unspecified atom stereocenters. The van der Waals surface area contributed by atoms with E-state index in [0.717, 1.165) is 16.5 Å². The van der Waals surface area contributed by atoms with Crippen LogP contribution in [0.25, 0.3) is 11.0 Å². The standard InChI is InChI=1S/C13H16O2/c1-9-4-5-11-10(7-13(2,3)14)8-15-12(11)6-9/h4-6,8,14H,7H2,1-3H3. The Labute approximate surface area is 89.5 Å². The lowest BCUT2D eigenvalue weighted by Crippen LogP contribution is -2.21. The molecule has 0 aliphatic carbocycles. The summed E-state index contributed by atoms with van der Waals surface area (Å²) in [7, 11) is 0. The van der Waals surface area contributed by atoms with E-state index in [1.807, 2.05) is 13.0 Å². The summed E-state index contributed by atoms with van der Waals surface area (Å²) >= 11 is 0. The van der Waals surface area contributed by atoms with Crippen LogP contribution in [0.1, 0.15) is 25.0 Å². The van der Waals surface area contributed by atoms with Crippen LogP contribution in [0.2, 0.25) is 0 Å². The minimum Gasteiger partial charge on any atom is -0.464 e. The molecule has 0 fully saturated rings. The molecule has 0 atom stereocenters. The van der Waals surface area contributed by atoms with Gasteiger partial charge >= 0.3 is 0 Å². The second-order valence-electron chi connectivity index (χ2n) is 4.75. The second-order valence-corrected chi connectivity index (χ2v) is 4.75. The molecule has 1 N–H and O–H groups in total. The number of fused-ring (bicyclic) bond motifs is 1. The first-order valence-corrected chi connectivity index (χ1v) is 5.15. The first-order valence-electron chi connectivity index (χ1n) is 5.15. The molecule has 1 aromatic carbocycles. The van der Waals surface area contributed by atoms with Crippen molar-refractivity contribution in [3.63, 3.8) is 0 Å². The summed E-state index contributed by atoms with van der Waals surface area (Å²) in [5.74, 6) is 0. The average Bonchev–Trinajstić information content (AvgIpc) is 2.45. The van der Waals surface area contributed by atoms with E-state index in [1.54, 1.807) is 20.1 Å². The maximum absolute atomic E-state index is 9.76. The minimum atomic E-state index is -0.693. The normalized spacial score (nSPS) is 12.3. The van der Waals surface area contributed by atoms with Crippen LogP contribution in [0.4, 0.5) is 0 Å². The molecule has 0 aliphatic rings. The lowest BCUT2D eigenvalue weighted by molar-refractivity contribution is 0.0811. The van der Waals surface area contributed by atoms with E-state index in [9.17, 15) is 5.11 Å². The number of furan rings is 1. The third kappa shape index (κ3) is 2.21. The molecule has 1 heterocycles. The highest BCUT2D eigenvalue weighted by Crippen LogP contribution is 2.25. The number of hydrogen-bond acceptors (Lipinski definition) is 2. The Kier molecular flexibility index (Phi) is 2.31. The van der Waals surface area contributed by atoms with Gasteiger partial charge in [0.25, 0.3) is 0 Å². The van der Waals surface area contributed by atoms with Crippen molar-refractivity contribution in [2.45, 2.75) is 32.8 Å². The fraction of sp³-hybridized carbons (Fsp3) is 0.385. The van der Waals surface area contributed by atoms with Gasteiger partial charge in [0.2, 0.25) is 0 Å². The minimum absolute atomic E-state index is 0.614. The van der Waals surface area contributed by atoms with Crippen LogP contribution in [-0.2, 0) is 6.42 Å². The van der Waals surface area contributed by atoms with Crippen LogP contribution in [0.3, 0.4) is 0 Å². The van der Waals surface area contributed by atoms with Crippen molar-refractivity contribution in [2.75, 3.05) is 0 Å². The Hall–Kier alpha value is -1.28. The van der Waals surface area contributed by atoms with Gasteiger partial charge in [0.15, 0.2) is 0 Å². The lowest BCUT2D eigenvalue weighted by atomic mass is 9.98. The number of aliphatic hydroxyl groups is 1. The number of benzene rings is 1. The van der Waals surface area contributed by atoms with Gasteiger partial charge in [-0.15, -0.1) is 0 Å². The zero-order valence-corrected chi connectivity index (χ0v) is 9.37. The molecular formula is C13H16O2. The highest BCUT2D eigenvalue weighted by atomic mass is 16.3. The van der Waals surface area contributed by atoms with Crippen LogP contribution >= 0.6 is 0 Å². The van der Waals surface area contributed by atoms with Gasteiger partial charge in [-0.25, -0.2) is 0 Å². The molecule has 0 amide bonds. The van der Waals surface area contributed by atoms with E-state index >= 15 is 0 Å². The number of hydrogen-bond donors (Lipinski definition) is 1. The molecule has 0 aliphatic heterocycles. The summed E-state index contributed by atoms with van der Waals surface area (Å²) in [5.41, 5.74) is 2.46. The Morgan fingerprint density at radius 1 is 1.33 bits per heavy atom. The van der Waals surface area contributed by atoms with E-state index in [4.69, 9.17) is 4.42 Å². The fourth-order valence-corrected chi connectivity index (χ4v) is 1.79. The first kappa shape index (κ1) is 10.2. The first-order chi connectivity index (χ1) is 6.96. The van der Waals surface area contributed by atoms with Gasteiger partial charge in [0.05, 0.1) is 11.9 Å². The molecule has 2 nitrogen and oxygen atoms in total. The van der Waals surface area contributed by atoms with Crippen molar-refractivity contribution < 1.29 is 9.52 Å². The summed E-state index contributed by atoms with van der Waals surface area (Å²) in [6, 6.07) is 6.13. The van der Waals surface area contributed by atoms with E-state index in [-0.39, 0.29) is 0 Å². The maximum atomic E-state index is 9.76. The summed E-state index contributed by atoms with van der Waals surface area (Å²) in [5, 5.41) is 10.9. The molecule has 80 valence electrons. The quantitative estimate of drug-likeness (QED) is 0.815. The highest BCUT2D eigenvalue weighted by Gasteiger charge is 2.16. The van der Waals surface area contributed by atoms with Crippen LogP contribution in [-0.4, -0.2) is 10.7 Å². The van der Waals surface area contributed by atoms with Gasteiger partial charge in [-0.3, -0.25) is 0 Å². The smallest absolute Gasteiger partial charge is 0.134 e. The molecule has 15 heavy (non-hydrogen) atoms. The molecule has 2 rings (SSSR count). The predicted octanol–water partition coefficient (Wildman–Crippen LogP) is 3.05. The Bertz CT molecular complexity index is 475. The van der Waals surface area contributed by atoms with E-state index in [0.29, 0.717) is 6.42 Å². The van der Waals surface area contributed by atoms with Crippen molar-refractivity contribution in [3.05, 3.63) is 35.6 Å². The van der Waals surface area contributed by atoms with Crippen LogP contribution in [0.15, 0.2) is 28.9 Å². The summed E-state index contributed by atoms with van der Waals surface area (Å²) in [6.45, 7) is 5.65. The van der Waals surface area contributed by atoms with Gasteiger partial charge in [0.1, 0.15) is 5.58 Å². The van der Waals surface area contributed by atoms with Crippen molar-refractivity contribution in [1.29, 1.82) is 0 Å². The molecule has 0 saturated carbocycles. The topological polar surface area (TPSA) is 33.4 Å². The Balaban J connectivity index is 2.45. The average molecular weight is 204 g/mol. The van der Waals surface area contributed by atoms with Gasteiger partial charge in [-0.2, -0.15) is 0 Å². The van der Waals surface area contributed by atoms with E-state index in [1.165, 1.54) is 5.56 Å². The zero-order chi connectivity index (χ0) is 11.1. The zero-order valence-electron chi connectivity index (χ0n) is 9.37. The maximum Gasteiger partial charge on any atom is 0.134 e. The third-order valence-corrected chi connectivity index (χ3v) is 2.43. The third-order valence-electron chi connectivity index (χ3n) is 2.43. The molecule has 1 aromatic heterocycles. The van der Waals surface area contributed by atoms with E-state index < -0.39 is 5.60 Å². The fourth-order valence-electron chi connectivity index (χ4n) is 1.79. The van der Waals surface area contributed by atoms with Crippen molar-refractivity contribution in [3.8, 4) is 0 Å². The van der Waals surface area contributed by atoms with Gasteiger partial charge in [0, 0.05) is 17.4 Å². The highest BCUT2D eigenvalue weighted by molar-refractivity contribution is 5.81. The largest absolute Gasteiger partial charge is 0.464 e. The van der Waals surface area contributed by atoms with Crippen molar-refractivity contribution in [2.24, 2.45) is 0 Å².